The van der Waals surface area contributed by atoms with Crippen molar-refractivity contribution in [1.82, 2.24) is 9.88 Å². The molecule has 1 fully saturated rings. The zero-order valence-electron chi connectivity index (χ0n) is 13.7. The van der Waals surface area contributed by atoms with Gasteiger partial charge in [-0.15, -0.1) is 0 Å². The summed E-state index contributed by atoms with van der Waals surface area (Å²) in [6, 6.07) is 5.49. The number of allylic oxidation sites excluding steroid dienone is 2. The van der Waals surface area contributed by atoms with Gasteiger partial charge in [-0.2, -0.15) is 0 Å². The summed E-state index contributed by atoms with van der Waals surface area (Å²) < 4.78 is 5.51. The molecule has 1 aromatic heterocycles. The minimum Gasteiger partial charge on any atom is -0.438 e. The molecule has 1 aliphatic rings. The molecule has 0 bridgehead atoms. The van der Waals surface area contributed by atoms with Gasteiger partial charge < -0.3 is 9.84 Å². The molecule has 1 aromatic rings. The Balaban J connectivity index is 2.16. The first-order chi connectivity index (χ1) is 10.3. The molecule has 0 spiro atoms. The minimum atomic E-state index is -1.38. The van der Waals surface area contributed by atoms with Crippen molar-refractivity contribution in [3.63, 3.8) is 0 Å². The molecule has 1 saturated heterocycles. The topological polar surface area (TPSA) is 62.7 Å². The number of hydrogen-bond donors (Lipinski definition) is 1. The van der Waals surface area contributed by atoms with Crippen LogP contribution in [0.15, 0.2) is 36.0 Å². The van der Waals surface area contributed by atoms with Gasteiger partial charge in [0.15, 0.2) is 11.3 Å². The highest BCUT2D eigenvalue weighted by Gasteiger charge is 2.58. The van der Waals surface area contributed by atoms with E-state index in [-0.39, 0.29) is 6.54 Å². The molecule has 120 valence electrons. The van der Waals surface area contributed by atoms with E-state index in [0.29, 0.717) is 12.1 Å². The van der Waals surface area contributed by atoms with Crippen molar-refractivity contribution in [2.75, 3.05) is 0 Å². The fourth-order valence-corrected chi connectivity index (χ4v) is 2.60. The lowest BCUT2D eigenvalue weighted by Crippen LogP contribution is -2.54. The first-order valence-electron chi connectivity index (χ1n) is 7.52. The van der Waals surface area contributed by atoms with Gasteiger partial charge in [0, 0.05) is 6.20 Å². The SMILES string of the molecule is CC(C)=CCC[C@@]1(C)OC(=O)N(Cc2ccccn2)[C@]1(C)O. The maximum Gasteiger partial charge on any atom is 0.413 e. The monoisotopic (exact) mass is 304 g/mol. The normalized spacial score (nSPS) is 27.7. The number of ether oxygens (including phenoxy) is 1. The number of cyclic esters (lactones) is 1. The standard InChI is InChI=1S/C17H24N2O3/c1-13(2)8-7-10-16(3)17(4,21)19(15(20)22-16)12-14-9-5-6-11-18-14/h5-6,8-9,11,21H,7,10,12H2,1-4H3/t16-,17-/m1/s1. The predicted molar refractivity (Wildman–Crippen MR) is 84.0 cm³/mol. The maximum absolute atomic E-state index is 12.2. The molecule has 5 nitrogen and oxygen atoms in total. The van der Waals surface area contributed by atoms with Crippen LogP contribution >= 0.6 is 0 Å². The number of amides is 1. The van der Waals surface area contributed by atoms with Gasteiger partial charge in [-0.05, 0) is 52.7 Å². The summed E-state index contributed by atoms with van der Waals surface area (Å²) in [7, 11) is 0. The first kappa shape index (κ1) is 16.5. The van der Waals surface area contributed by atoms with E-state index in [1.807, 2.05) is 32.0 Å². The van der Waals surface area contributed by atoms with E-state index in [9.17, 15) is 9.90 Å². The first-order valence-corrected chi connectivity index (χ1v) is 7.52. The molecule has 2 heterocycles. The summed E-state index contributed by atoms with van der Waals surface area (Å²) >= 11 is 0. The number of rotatable bonds is 5. The Morgan fingerprint density at radius 1 is 1.41 bits per heavy atom. The number of pyridine rings is 1. The number of carbonyl (C=O) groups is 1. The number of carbonyl (C=O) groups excluding carboxylic acids is 1. The van der Waals surface area contributed by atoms with Crippen LogP contribution in [0.3, 0.4) is 0 Å². The summed E-state index contributed by atoms with van der Waals surface area (Å²) in [6.45, 7) is 7.68. The van der Waals surface area contributed by atoms with Gasteiger partial charge in [-0.3, -0.25) is 9.88 Å². The summed E-state index contributed by atoms with van der Waals surface area (Å²) in [5.74, 6) is 0. The van der Waals surface area contributed by atoms with Crippen molar-refractivity contribution in [2.45, 2.75) is 58.4 Å². The van der Waals surface area contributed by atoms with Gasteiger partial charge in [0.05, 0.1) is 12.2 Å². The van der Waals surface area contributed by atoms with E-state index in [4.69, 9.17) is 4.74 Å². The molecule has 0 aromatic carbocycles. The molecule has 2 rings (SSSR count). The average Bonchev–Trinajstić information content (AvgIpc) is 2.60. The predicted octanol–water partition coefficient (Wildman–Crippen LogP) is 3.25. The average molecular weight is 304 g/mol. The number of aliphatic hydroxyl groups is 1. The highest BCUT2D eigenvalue weighted by Crippen LogP contribution is 2.41. The quantitative estimate of drug-likeness (QED) is 0.848. The van der Waals surface area contributed by atoms with Gasteiger partial charge in [-0.25, -0.2) is 4.79 Å². The zero-order chi connectivity index (χ0) is 16.4. The summed E-state index contributed by atoms with van der Waals surface area (Å²) in [4.78, 5) is 17.8. The van der Waals surface area contributed by atoms with E-state index in [2.05, 4.69) is 11.1 Å². The molecule has 0 radical (unpaired) electrons. The third kappa shape index (κ3) is 3.14. The van der Waals surface area contributed by atoms with Crippen molar-refractivity contribution in [3.8, 4) is 0 Å². The van der Waals surface area contributed by atoms with Crippen molar-refractivity contribution < 1.29 is 14.6 Å². The van der Waals surface area contributed by atoms with Crippen molar-refractivity contribution in [1.29, 1.82) is 0 Å². The largest absolute Gasteiger partial charge is 0.438 e. The van der Waals surface area contributed by atoms with Gasteiger partial charge >= 0.3 is 6.09 Å². The van der Waals surface area contributed by atoms with Crippen LogP contribution in [0.2, 0.25) is 0 Å². The summed E-state index contributed by atoms with van der Waals surface area (Å²) in [5, 5.41) is 10.9. The molecule has 0 saturated carbocycles. The molecule has 22 heavy (non-hydrogen) atoms. The van der Waals surface area contributed by atoms with Crippen LogP contribution in [0.5, 0.6) is 0 Å². The van der Waals surface area contributed by atoms with E-state index >= 15 is 0 Å². The molecular weight excluding hydrogens is 280 g/mol. The summed E-state index contributed by atoms with van der Waals surface area (Å²) in [6.07, 6.45) is 4.56. The van der Waals surface area contributed by atoms with Crippen molar-refractivity contribution >= 4 is 6.09 Å². The van der Waals surface area contributed by atoms with Crippen LogP contribution in [0.1, 0.15) is 46.2 Å². The van der Waals surface area contributed by atoms with E-state index in [1.54, 1.807) is 20.0 Å². The van der Waals surface area contributed by atoms with Crippen LogP contribution in [0.25, 0.3) is 0 Å². The highest BCUT2D eigenvalue weighted by molar-refractivity contribution is 5.72. The van der Waals surface area contributed by atoms with Crippen LogP contribution in [-0.2, 0) is 11.3 Å². The summed E-state index contributed by atoms with van der Waals surface area (Å²) in [5.41, 5.74) is -0.395. The smallest absolute Gasteiger partial charge is 0.413 e. The molecule has 0 aliphatic carbocycles. The van der Waals surface area contributed by atoms with Crippen molar-refractivity contribution in [3.05, 3.63) is 41.7 Å². The molecule has 0 unspecified atom stereocenters. The van der Waals surface area contributed by atoms with E-state index in [0.717, 1.165) is 6.42 Å². The van der Waals surface area contributed by atoms with Crippen LogP contribution in [0.4, 0.5) is 4.79 Å². The molecule has 5 heteroatoms. The Kier molecular flexibility index (Phi) is 4.56. The van der Waals surface area contributed by atoms with Gasteiger partial charge in [0.2, 0.25) is 0 Å². The van der Waals surface area contributed by atoms with Crippen LogP contribution in [0, 0.1) is 0 Å². The van der Waals surface area contributed by atoms with Crippen LogP contribution < -0.4 is 0 Å². The number of aromatic nitrogens is 1. The lowest BCUT2D eigenvalue weighted by atomic mass is 9.88. The number of hydrogen-bond acceptors (Lipinski definition) is 4. The van der Waals surface area contributed by atoms with Crippen LogP contribution in [-0.4, -0.2) is 32.4 Å². The second kappa shape index (κ2) is 6.08. The third-order valence-electron chi connectivity index (χ3n) is 4.28. The Labute approximate surface area is 131 Å². The van der Waals surface area contributed by atoms with Gasteiger partial charge in [0.1, 0.15) is 0 Å². The molecule has 2 atom stereocenters. The number of nitrogens with zero attached hydrogens (tertiary/aromatic N) is 2. The molecule has 1 N–H and O–H groups in total. The maximum atomic E-state index is 12.2. The zero-order valence-corrected chi connectivity index (χ0v) is 13.7. The Morgan fingerprint density at radius 3 is 2.73 bits per heavy atom. The highest BCUT2D eigenvalue weighted by atomic mass is 16.6. The fraction of sp³-hybridized carbons (Fsp3) is 0.529. The minimum absolute atomic E-state index is 0.227. The molecular formula is C17H24N2O3. The Bertz CT molecular complexity index is 565. The lowest BCUT2D eigenvalue weighted by molar-refractivity contribution is -0.141. The lowest BCUT2D eigenvalue weighted by Gasteiger charge is -2.37. The Hall–Kier alpha value is -1.88. The Morgan fingerprint density at radius 2 is 2.14 bits per heavy atom. The van der Waals surface area contributed by atoms with Crippen molar-refractivity contribution in [2.24, 2.45) is 0 Å². The van der Waals surface area contributed by atoms with Gasteiger partial charge in [0.25, 0.3) is 0 Å². The third-order valence-corrected chi connectivity index (χ3v) is 4.28. The van der Waals surface area contributed by atoms with E-state index in [1.165, 1.54) is 10.5 Å². The van der Waals surface area contributed by atoms with Gasteiger partial charge in [-0.1, -0.05) is 17.7 Å². The molecule has 1 aliphatic heterocycles. The second-order valence-electron chi connectivity index (χ2n) is 6.35. The second-order valence-corrected chi connectivity index (χ2v) is 6.35. The van der Waals surface area contributed by atoms with E-state index < -0.39 is 17.4 Å². The molecule has 1 amide bonds. The fourth-order valence-electron chi connectivity index (χ4n) is 2.60.